The van der Waals surface area contributed by atoms with Crippen molar-refractivity contribution < 1.29 is 9.47 Å². The summed E-state index contributed by atoms with van der Waals surface area (Å²) >= 11 is 5.97. The second kappa shape index (κ2) is 7.97. The Kier molecular flexibility index (Phi) is 5.22. The average molecular weight is 410 g/mol. The number of rotatable bonds is 6. The van der Waals surface area contributed by atoms with Crippen molar-refractivity contribution in [2.24, 2.45) is 0 Å². The molecule has 0 atom stereocenters. The molecule has 2 aromatic carbocycles. The highest BCUT2D eigenvalue weighted by Crippen LogP contribution is 2.31. The summed E-state index contributed by atoms with van der Waals surface area (Å²) in [7, 11) is 3.24. The van der Waals surface area contributed by atoms with Crippen molar-refractivity contribution >= 4 is 28.9 Å². The van der Waals surface area contributed by atoms with Crippen molar-refractivity contribution in [3.8, 4) is 11.5 Å². The van der Waals surface area contributed by atoms with Gasteiger partial charge in [-0.05, 0) is 36.8 Å². The van der Waals surface area contributed by atoms with E-state index in [0.717, 1.165) is 28.5 Å². The van der Waals surface area contributed by atoms with Gasteiger partial charge in [0, 0.05) is 29.3 Å². The Bertz CT molecular complexity index is 1160. The summed E-state index contributed by atoms with van der Waals surface area (Å²) in [4.78, 5) is 9.08. The molecule has 1 N–H and O–H groups in total. The van der Waals surface area contributed by atoms with E-state index in [1.54, 1.807) is 18.7 Å². The van der Waals surface area contributed by atoms with Gasteiger partial charge in [0.15, 0.2) is 5.82 Å². The maximum Gasteiger partial charge on any atom is 0.254 e. The van der Waals surface area contributed by atoms with Crippen molar-refractivity contribution in [3.05, 3.63) is 70.6 Å². The van der Waals surface area contributed by atoms with Crippen LogP contribution in [0.2, 0.25) is 5.02 Å². The fourth-order valence-corrected chi connectivity index (χ4v) is 3.14. The molecule has 0 bridgehead atoms. The number of anilines is 2. The fourth-order valence-electron chi connectivity index (χ4n) is 3.02. The number of aromatic nitrogens is 4. The van der Waals surface area contributed by atoms with Crippen molar-refractivity contribution in [1.29, 1.82) is 0 Å². The highest BCUT2D eigenvalue weighted by Gasteiger charge is 2.13. The zero-order valence-electron chi connectivity index (χ0n) is 16.3. The lowest BCUT2D eigenvalue weighted by Gasteiger charge is -2.13. The number of benzene rings is 2. The van der Waals surface area contributed by atoms with Gasteiger partial charge in [-0.25, -0.2) is 4.98 Å². The van der Waals surface area contributed by atoms with Crippen LogP contribution in [0.3, 0.4) is 0 Å². The first-order valence-corrected chi connectivity index (χ1v) is 9.40. The molecule has 148 valence electrons. The third-order valence-electron chi connectivity index (χ3n) is 4.43. The van der Waals surface area contributed by atoms with Crippen LogP contribution in [-0.2, 0) is 6.42 Å². The third kappa shape index (κ3) is 4.09. The molecule has 4 rings (SSSR count). The Morgan fingerprint density at radius 2 is 1.79 bits per heavy atom. The van der Waals surface area contributed by atoms with Crippen molar-refractivity contribution in [2.75, 3.05) is 19.5 Å². The molecule has 29 heavy (non-hydrogen) atoms. The molecule has 0 amide bonds. The van der Waals surface area contributed by atoms with Gasteiger partial charge in [0.25, 0.3) is 5.78 Å². The van der Waals surface area contributed by atoms with Crippen LogP contribution in [0.1, 0.15) is 17.1 Å². The van der Waals surface area contributed by atoms with Gasteiger partial charge in [0.2, 0.25) is 0 Å². The van der Waals surface area contributed by atoms with E-state index in [1.165, 1.54) is 0 Å². The number of aryl methyl sites for hydroxylation is 1. The minimum atomic E-state index is 0.531. The quantitative estimate of drug-likeness (QED) is 0.507. The molecule has 0 aliphatic rings. The van der Waals surface area contributed by atoms with Gasteiger partial charge in [-0.15, -0.1) is 5.10 Å². The van der Waals surface area contributed by atoms with E-state index in [0.29, 0.717) is 28.8 Å². The summed E-state index contributed by atoms with van der Waals surface area (Å²) in [5.41, 5.74) is 2.70. The van der Waals surface area contributed by atoms with Gasteiger partial charge >= 0.3 is 0 Å². The first kappa shape index (κ1) is 19.0. The Balaban J connectivity index is 1.69. The Hall–Kier alpha value is -3.32. The van der Waals surface area contributed by atoms with Crippen LogP contribution in [0.4, 0.5) is 11.5 Å². The van der Waals surface area contributed by atoms with Crippen molar-refractivity contribution in [3.63, 3.8) is 0 Å². The maximum absolute atomic E-state index is 5.97. The van der Waals surface area contributed by atoms with Gasteiger partial charge < -0.3 is 14.8 Å². The Morgan fingerprint density at radius 3 is 2.52 bits per heavy atom. The molecular weight excluding hydrogens is 390 g/mol. The average Bonchev–Trinajstić information content (AvgIpc) is 3.12. The van der Waals surface area contributed by atoms with Crippen LogP contribution in [0.5, 0.6) is 11.5 Å². The molecule has 0 spiro atoms. The van der Waals surface area contributed by atoms with Crippen molar-refractivity contribution in [1.82, 2.24) is 19.6 Å². The zero-order chi connectivity index (χ0) is 20.4. The van der Waals surface area contributed by atoms with Gasteiger partial charge in [-0.2, -0.15) is 9.50 Å². The minimum absolute atomic E-state index is 0.531. The highest BCUT2D eigenvalue weighted by atomic mass is 35.5. The van der Waals surface area contributed by atoms with Crippen LogP contribution in [-0.4, -0.2) is 33.8 Å². The number of nitrogens with zero attached hydrogens (tertiary/aromatic N) is 4. The lowest BCUT2D eigenvalue weighted by atomic mass is 10.1. The lowest BCUT2D eigenvalue weighted by molar-refractivity contribution is 0.395. The fraction of sp³-hybridized carbons (Fsp3) is 0.190. The number of nitrogens with one attached hydrogen (secondary N) is 1. The first-order valence-electron chi connectivity index (χ1n) is 9.02. The van der Waals surface area contributed by atoms with Crippen LogP contribution < -0.4 is 14.8 Å². The normalized spacial score (nSPS) is 10.9. The predicted octanol–water partition coefficient (Wildman–Crippen LogP) is 4.44. The number of ether oxygens (including phenoxy) is 2. The number of hydrogen-bond acceptors (Lipinski definition) is 6. The van der Waals surface area contributed by atoms with Gasteiger partial charge in [-0.1, -0.05) is 23.7 Å². The van der Waals surface area contributed by atoms with Gasteiger partial charge in [-0.3, -0.25) is 0 Å². The molecule has 7 nitrogen and oxygen atoms in total. The maximum atomic E-state index is 5.97. The number of methoxy groups -OCH3 is 2. The molecular formula is C21H20ClN5O2. The SMILES string of the molecule is COc1ccc(Nc2cc(C)nc3nc(Cc4ccc(Cl)cc4)nn23)c(OC)c1. The monoisotopic (exact) mass is 409 g/mol. The van der Waals surface area contributed by atoms with Crippen LogP contribution in [0, 0.1) is 6.92 Å². The number of halogens is 1. The largest absolute Gasteiger partial charge is 0.497 e. The van der Waals surface area contributed by atoms with Crippen LogP contribution in [0.25, 0.3) is 5.78 Å². The Morgan fingerprint density at radius 1 is 1.00 bits per heavy atom. The molecule has 0 aliphatic heterocycles. The molecule has 0 radical (unpaired) electrons. The molecule has 4 aromatic rings. The van der Waals surface area contributed by atoms with E-state index < -0.39 is 0 Å². The van der Waals surface area contributed by atoms with Crippen molar-refractivity contribution in [2.45, 2.75) is 13.3 Å². The summed E-state index contributed by atoms with van der Waals surface area (Å²) in [6, 6.07) is 15.1. The molecule has 2 heterocycles. The summed E-state index contributed by atoms with van der Waals surface area (Å²) in [6.07, 6.45) is 0.588. The molecule has 0 saturated heterocycles. The highest BCUT2D eigenvalue weighted by molar-refractivity contribution is 6.30. The van der Waals surface area contributed by atoms with E-state index in [-0.39, 0.29) is 0 Å². The summed E-state index contributed by atoms with van der Waals surface area (Å²) < 4.78 is 12.4. The third-order valence-corrected chi connectivity index (χ3v) is 4.68. The molecule has 0 fully saturated rings. The summed E-state index contributed by atoms with van der Waals surface area (Å²) in [5, 5.41) is 8.71. The molecule has 2 aromatic heterocycles. The number of fused-ring (bicyclic) bond motifs is 1. The van der Waals surface area contributed by atoms with Crippen LogP contribution >= 0.6 is 11.6 Å². The second-order valence-electron chi connectivity index (χ2n) is 6.52. The first-order chi connectivity index (χ1) is 14.1. The zero-order valence-corrected chi connectivity index (χ0v) is 17.1. The van der Waals surface area contributed by atoms with E-state index in [1.807, 2.05) is 55.5 Å². The molecule has 0 aliphatic carbocycles. The smallest absolute Gasteiger partial charge is 0.254 e. The summed E-state index contributed by atoms with van der Waals surface area (Å²) in [5.74, 6) is 3.33. The van der Waals surface area contributed by atoms with E-state index in [2.05, 4.69) is 20.4 Å². The molecule has 8 heteroatoms. The summed E-state index contributed by atoms with van der Waals surface area (Å²) in [6.45, 7) is 1.92. The minimum Gasteiger partial charge on any atom is -0.497 e. The van der Waals surface area contributed by atoms with E-state index in [9.17, 15) is 0 Å². The Labute approximate surface area is 173 Å². The van der Waals surface area contributed by atoms with Gasteiger partial charge in [0.05, 0.1) is 19.9 Å². The van der Waals surface area contributed by atoms with E-state index >= 15 is 0 Å². The lowest BCUT2D eigenvalue weighted by Crippen LogP contribution is -2.04. The predicted molar refractivity (Wildman–Crippen MR) is 113 cm³/mol. The molecule has 0 saturated carbocycles. The number of hydrogen-bond donors (Lipinski definition) is 1. The molecule has 0 unspecified atom stereocenters. The standard InChI is InChI=1S/C21H20ClN5O2/c1-13-10-20(24-17-9-8-16(28-2)12-18(17)29-3)27-21(23-13)25-19(26-27)11-14-4-6-15(22)7-5-14/h4-10,12,24H,11H2,1-3H3. The van der Waals surface area contributed by atoms with Crippen LogP contribution in [0.15, 0.2) is 48.5 Å². The van der Waals surface area contributed by atoms with E-state index in [4.69, 9.17) is 21.1 Å². The van der Waals surface area contributed by atoms with Gasteiger partial charge in [0.1, 0.15) is 17.3 Å². The topological polar surface area (TPSA) is 73.6 Å². The second-order valence-corrected chi connectivity index (χ2v) is 6.95.